The molecule has 146 valence electrons. The van der Waals surface area contributed by atoms with Crippen molar-refractivity contribution >= 4 is 23.2 Å². The highest BCUT2D eigenvalue weighted by atomic mass is 35.5. The molecule has 7 nitrogen and oxygen atoms in total. The molecule has 0 atom stereocenters. The monoisotopic (exact) mass is 399 g/mol. The Morgan fingerprint density at radius 1 is 1.18 bits per heavy atom. The Hall–Kier alpha value is -2.93. The summed E-state index contributed by atoms with van der Waals surface area (Å²) in [7, 11) is 0. The van der Waals surface area contributed by atoms with Crippen LogP contribution in [0.15, 0.2) is 35.1 Å². The quantitative estimate of drug-likeness (QED) is 0.714. The second-order valence-corrected chi connectivity index (χ2v) is 7.08. The molecule has 0 bridgehead atoms. The lowest BCUT2D eigenvalue weighted by molar-refractivity contribution is -0.116. The Labute approximate surface area is 168 Å². The molecule has 2 aromatic heterocycles. The zero-order valence-electron chi connectivity index (χ0n) is 16.3. The second kappa shape index (κ2) is 7.98. The number of amides is 1. The molecule has 1 N–H and O–H groups in total. The predicted molar refractivity (Wildman–Crippen MR) is 109 cm³/mol. The molecule has 0 aliphatic carbocycles. The third-order valence-electron chi connectivity index (χ3n) is 4.36. The minimum Gasteiger partial charge on any atom is -0.324 e. The average molecular weight is 400 g/mol. The zero-order chi connectivity index (χ0) is 20.4. The summed E-state index contributed by atoms with van der Waals surface area (Å²) in [5.41, 5.74) is 3.47. The third-order valence-corrected chi connectivity index (χ3v) is 4.77. The van der Waals surface area contributed by atoms with Crippen molar-refractivity contribution in [3.05, 3.63) is 68.4 Å². The van der Waals surface area contributed by atoms with Crippen molar-refractivity contribution in [2.75, 3.05) is 5.32 Å². The fourth-order valence-electron chi connectivity index (χ4n) is 2.88. The second-order valence-electron chi connectivity index (χ2n) is 6.68. The lowest BCUT2D eigenvalue weighted by atomic mass is 10.2. The van der Waals surface area contributed by atoms with Crippen LogP contribution in [-0.4, -0.2) is 25.2 Å². The van der Waals surface area contributed by atoms with Crippen LogP contribution in [0.1, 0.15) is 29.6 Å². The first-order valence-electron chi connectivity index (χ1n) is 8.99. The minimum atomic E-state index is -0.351. The van der Waals surface area contributed by atoms with Crippen molar-refractivity contribution in [1.29, 1.82) is 0 Å². The normalized spacial score (nSPS) is 10.9. The Kier molecular flexibility index (Phi) is 5.65. The van der Waals surface area contributed by atoms with Gasteiger partial charge in [0.1, 0.15) is 6.54 Å². The number of rotatable bonds is 5. The maximum Gasteiger partial charge on any atom is 0.255 e. The molecule has 1 aromatic carbocycles. The molecule has 0 spiro atoms. The van der Waals surface area contributed by atoms with Crippen molar-refractivity contribution in [2.45, 2.75) is 40.7 Å². The van der Waals surface area contributed by atoms with Crippen LogP contribution in [0.4, 0.5) is 5.69 Å². The number of nitrogens with zero attached hydrogens (tertiary/aromatic N) is 4. The molecule has 0 aliphatic heterocycles. The molecule has 2 heterocycles. The van der Waals surface area contributed by atoms with Crippen LogP contribution < -0.4 is 10.9 Å². The van der Waals surface area contributed by atoms with Gasteiger partial charge in [0.15, 0.2) is 0 Å². The number of carbonyl (C=O) groups is 1. The third kappa shape index (κ3) is 4.14. The summed E-state index contributed by atoms with van der Waals surface area (Å²) in [4.78, 5) is 29.8. The van der Waals surface area contributed by atoms with Crippen LogP contribution in [0, 0.1) is 20.8 Å². The number of hydrogen-bond donors (Lipinski definition) is 1. The maximum absolute atomic E-state index is 12.7. The van der Waals surface area contributed by atoms with Gasteiger partial charge in [-0.15, -0.1) is 0 Å². The van der Waals surface area contributed by atoms with Crippen LogP contribution >= 0.6 is 11.6 Å². The van der Waals surface area contributed by atoms with Crippen molar-refractivity contribution in [2.24, 2.45) is 0 Å². The van der Waals surface area contributed by atoms with E-state index in [4.69, 9.17) is 11.6 Å². The van der Waals surface area contributed by atoms with Crippen LogP contribution in [0.3, 0.4) is 0 Å². The van der Waals surface area contributed by atoms with Gasteiger partial charge in [-0.3, -0.25) is 14.2 Å². The van der Waals surface area contributed by atoms with Crippen molar-refractivity contribution in [1.82, 2.24) is 19.3 Å². The van der Waals surface area contributed by atoms with Crippen LogP contribution in [-0.2, 0) is 17.8 Å². The Morgan fingerprint density at radius 2 is 1.93 bits per heavy atom. The number of aryl methyl sites for hydroxylation is 4. The molecule has 0 saturated heterocycles. The van der Waals surface area contributed by atoms with E-state index in [0.717, 1.165) is 17.0 Å². The van der Waals surface area contributed by atoms with Crippen LogP contribution in [0.25, 0.3) is 5.95 Å². The number of nitrogens with one attached hydrogen (secondary N) is 1. The van der Waals surface area contributed by atoms with Crippen molar-refractivity contribution < 1.29 is 4.79 Å². The first-order chi connectivity index (χ1) is 13.3. The van der Waals surface area contributed by atoms with E-state index in [0.29, 0.717) is 28.8 Å². The van der Waals surface area contributed by atoms with E-state index in [1.54, 1.807) is 16.8 Å². The van der Waals surface area contributed by atoms with Crippen molar-refractivity contribution in [3.8, 4) is 5.95 Å². The Morgan fingerprint density at radius 3 is 2.54 bits per heavy atom. The fraction of sp³-hybridized carbons (Fsp3) is 0.300. The number of anilines is 1. The van der Waals surface area contributed by atoms with Gasteiger partial charge in [0.25, 0.3) is 5.56 Å². The highest BCUT2D eigenvalue weighted by Gasteiger charge is 2.16. The van der Waals surface area contributed by atoms with Crippen molar-refractivity contribution in [3.63, 3.8) is 0 Å². The van der Waals surface area contributed by atoms with E-state index in [-0.39, 0.29) is 18.0 Å². The Balaban J connectivity index is 1.96. The fourth-order valence-corrected chi connectivity index (χ4v) is 3.06. The summed E-state index contributed by atoms with van der Waals surface area (Å²) in [5.74, 6) is -0.0251. The number of benzene rings is 1. The smallest absolute Gasteiger partial charge is 0.255 e. The van der Waals surface area contributed by atoms with Gasteiger partial charge >= 0.3 is 0 Å². The molecule has 0 fully saturated rings. The minimum absolute atomic E-state index is 0.186. The van der Waals surface area contributed by atoms with Gasteiger partial charge in [-0.2, -0.15) is 5.10 Å². The molecule has 0 aliphatic rings. The summed E-state index contributed by atoms with van der Waals surface area (Å²) >= 11 is 6.11. The largest absolute Gasteiger partial charge is 0.324 e. The molecular formula is C20H22ClN5O2. The average Bonchev–Trinajstić information content (AvgIpc) is 2.97. The lowest BCUT2D eigenvalue weighted by Gasteiger charge is -2.14. The summed E-state index contributed by atoms with van der Waals surface area (Å²) < 4.78 is 2.91. The summed E-state index contributed by atoms with van der Waals surface area (Å²) in [6.45, 7) is 7.36. The molecule has 3 rings (SSSR count). The van der Waals surface area contributed by atoms with Gasteiger partial charge in [-0.25, -0.2) is 9.67 Å². The molecular weight excluding hydrogens is 378 g/mol. The van der Waals surface area contributed by atoms with Crippen LogP contribution in [0.5, 0.6) is 0 Å². The molecule has 0 radical (unpaired) electrons. The molecule has 0 unspecified atom stereocenters. The highest BCUT2D eigenvalue weighted by Crippen LogP contribution is 2.20. The van der Waals surface area contributed by atoms with Gasteiger partial charge < -0.3 is 5.32 Å². The van der Waals surface area contributed by atoms with Gasteiger partial charge in [-0.05, 0) is 51.0 Å². The first kappa shape index (κ1) is 19.8. The highest BCUT2D eigenvalue weighted by molar-refractivity contribution is 6.31. The van der Waals surface area contributed by atoms with E-state index >= 15 is 0 Å². The number of hydrogen-bond acceptors (Lipinski definition) is 4. The van der Waals surface area contributed by atoms with Gasteiger partial charge in [0.05, 0.1) is 5.69 Å². The molecule has 3 aromatic rings. The first-order valence-corrected chi connectivity index (χ1v) is 9.36. The van der Waals surface area contributed by atoms with Crippen LogP contribution in [0.2, 0.25) is 5.02 Å². The van der Waals surface area contributed by atoms with Gasteiger partial charge in [-0.1, -0.05) is 24.6 Å². The van der Waals surface area contributed by atoms with Gasteiger partial charge in [0.2, 0.25) is 11.9 Å². The predicted octanol–water partition coefficient (Wildman–Crippen LogP) is 3.21. The molecule has 1 amide bonds. The van der Waals surface area contributed by atoms with E-state index in [1.807, 2.05) is 39.8 Å². The number of aromatic nitrogens is 4. The SMILES string of the molecule is CCc1cc(=O)n(CC(=O)Nc2ccc(C)c(Cl)c2)c(-n2nc(C)cc2C)n1. The zero-order valence-corrected chi connectivity index (χ0v) is 17.0. The number of halogens is 1. The lowest BCUT2D eigenvalue weighted by Crippen LogP contribution is -2.32. The number of carbonyl (C=O) groups excluding carboxylic acids is 1. The summed E-state index contributed by atoms with van der Waals surface area (Å²) in [6, 6.07) is 8.61. The maximum atomic E-state index is 12.7. The molecule has 28 heavy (non-hydrogen) atoms. The van der Waals surface area contributed by atoms with E-state index in [1.165, 1.54) is 10.6 Å². The standard InChI is InChI=1S/C20H22ClN5O2/c1-5-15-10-19(28)25(20(23-15)26-14(4)8-13(3)24-26)11-18(27)22-16-7-6-12(2)17(21)9-16/h6-10H,5,11H2,1-4H3,(H,22,27). The molecule has 0 saturated carbocycles. The Bertz CT molecular complexity index is 1100. The molecule has 8 heteroatoms. The summed E-state index contributed by atoms with van der Waals surface area (Å²) in [6.07, 6.45) is 0.608. The van der Waals surface area contributed by atoms with Gasteiger partial charge in [0, 0.05) is 28.2 Å². The summed E-state index contributed by atoms with van der Waals surface area (Å²) in [5, 5.41) is 7.75. The van der Waals surface area contributed by atoms with E-state index in [2.05, 4.69) is 15.4 Å². The van der Waals surface area contributed by atoms with E-state index in [9.17, 15) is 9.59 Å². The topological polar surface area (TPSA) is 81.8 Å². The van der Waals surface area contributed by atoms with E-state index < -0.39 is 0 Å².